The molecule has 3 aromatic rings. The Morgan fingerprint density at radius 2 is 1.73 bits per heavy atom. The van der Waals surface area contributed by atoms with Crippen LogP contribution in [0.3, 0.4) is 0 Å². The Kier molecular flexibility index (Phi) is 12.5. The van der Waals surface area contributed by atoms with Crippen molar-refractivity contribution >= 4 is 40.3 Å². The van der Waals surface area contributed by atoms with Gasteiger partial charge in [-0.1, -0.05) is 48.0 Å². The van der Waals surface area contributed by atoms with E-state index in [1.54, 1.807) is 12.3 Å². The molecule has 0 unspecified atom stereocenters. The van der Waals surface area contributed by atoms with Crippen molar-refractivity contribution < 1.29 is 43.9 Å². The lowest BCUT2D eigenvalue weighted by molar-refractivity contribution is -0.0255. The zero-order valence-corrected chi connectivity index (χ0v) is 22.7. The molecule has 0 aliphatic carbocycles. The maximum atomic E-state index is 13.8. The molecule has 14 heteroatoms. The van der Waals surface area contributed by atoms with E-state index >= 15 is 0 Å². The molecule has 1 aromatic heterocycles. The standard InChI is InChI=1S/C27H32ClFN4O8/c28-25-19(6-3-7-23(25)29)10-31-26(38)33(11-21(36)12-34)20(14-40-16-22(37)13-35)15-41-27(39)32-24-8-17-4-1-2-5-18(17)9-30-24/h1-9,20-22,34-37H,10-16H2,(H,31,38)(H,30,32,39)/t20-,21-,22+/m0/s1. The maximum Gasteiger partial charge on any atom is 0.412 e. The average molecular weight is 595 g/mol. The van der Waals surface area contributed by atoms with E-state index in [0.29, 0.717) is 5.56 Å². The molecule has 0 bridgehead atoms. The number of urea groups is 1. The number of aliphatic hydroxyl groups excluding tert-OH is 4. The fourth-order valence-electron chi connectivity index (χ4n) is 3.73. The zero-order chi connectivity index (χ0) is 29.8. The predicted octanol–water partition coefficient (Wildman–Crippen LogP) is 1.88. The van der Waals surface area contributed by atoms with Gasteiger partial charge in [0, 0.05) is 18.1 Å². The van der Waals surface area contributed by atoms with Crippen molar-refractivity contribution in [3.63, 3.8) is 0 Å². The van der Waals surface area contributed by atoms with Gasteiger partial charge in [-0.15, -0.1) is 0 Å². The topological polar surface area (TPSA) is 174 Å². The Morgan fingerprint density at radius 1 is 1.00 bits per heavy atom. The van der Waals surface area contributed by atoms with Gasteiger partial charge in [-0.05, 0) is 23.1 Å². The van der Waals surface area contributed by atoms with Crippen LogP contribution in [0.15, 0.2) is 54.7 Å². The van der Waals surface area contributed by atoms with Crippen LogP contribution in [0.1, 0.15) is 5.56 Å². The monoisotopic (exact) mass is 594 g/mol. The highest BCUT2D eigenvalue weighted by Gasteiger charge is 2.28. The lowest BCUT2D eigenvalue weighted by atomic mass is 10.2. The van der Waals surface area contributed by atoms with Gasteiger partial charge >= 0.3 is 12.1 Å². The zero-order valence-electron chi connectivity index (χ0n) is 22.0. The molecule has 12 nitrogen and oxygen atoms in total. The average Bonchev–Trinajstić information content (AvgIpc) is 2.98. The number of anilines is 1. The molecule has 41 heavy (non-hydrogen) atoms. The molecular formula is C27H32ClFN4O8. The van der Waals surface area contributed by atoms with Gasteiger partial charge in [0.05, 0.1) is 50.1 Å². The van der Waals surface area contributed by atoms with Gasteiger partial charge < -0.3 is 40.1 Å². The predicted molar refractivity (Wildman–Crippen MR) is 148 cm³/mol. The largest absolute Gasteiger partial charge is 0.447 e. The molecule has 1 heterocycles. The van der Waals surface area contributed by atoms with E-state index in [4.69, 9.17) is 26.2 Å². The summed E-state index contributed by atoms with van der Waals surface area (Å²) < 4.78 is 24.6. The van der Waals surface area contributed by atoms with Crippen LogP contribution < -0.4 is 10.6 Å². The molecule has 0 radical (unpaired) electrons. The number of pyridine rings is 1. The van der Waals surface area contributed by atoms with Gasteiger partial charge in [0.15, 0.2) is 0 Å². The van der Waals surface area contributed by atoms with Crippen molar-refractivity contribution in [3.05, 3.63) is 71.1 Å². The van der Waals surface area contributed by atoms with Crippen molar-refractivity contribution in [2.75, 3.05) is 44.9 Å². The number of amides is 3. The second-order valence-corrected chi connectivity index (χ2v) is 9.41. The van der Waals surface area contributed by atoms with Crippen molar-refractivity contribution in [1.82, 2.24) is 15.2 Å². The van der Waals surface area contributed by atoms with Gasteiger partial charge in [-0.3, -0.25) is 5.32 Å². The summed E-state index contributed by atoms with van der Waals surface area (Å²) in [7, 11) is 0. The minimum absolute atomic E-state index is 0.171. The van der Waals surface area contributed by atoms with E-state index in [1.807, 2.05) is 24.3 Å². The summed E-state index contributed by atoms with van der Waals surface area (Å²) in [6.45, 7) is -2.82. The molecule has 222 valence electrons. The van der Waals surface area contributed by atoms with Crippen molar-refractivity contribution in [2.24, 2.45) is 0 Å². The number of hydrogen-bond acceptors (Lipinski definition) is 9. The maximum absolute atomic E-state index is 13.8. The molecule has 0 saturated carbocycles. The fourth-order valence-corrected chi connectivity index (χ4v) is 3.92. The van der Waals surface area contributed by atoms with E-state index in [9.17, 15) is 29.3 Å². The van der Waals surface area contributed by atoms with Crippen LogP contribution >= 0.6 is 11.6 Å². The smallest absolute Gasteiger partial charge is 0.412 e. The molecule has 2 aromatic carbocycles. The number of halogens is 2. The molecule has 0 spiro atoms. The Labute approximate surface area is 240 Å². The second kappa shape index (κ2) is 16.0. The minimum Gasteiger partial charge on any atom is -0.447 e. The van der Waals surface area contributed by atoms with E-state index in [2.05, 4.69) is 15.6 Å². The molecule has 6 N–H and O–H groups in total. The molecule has 3 rings (SSSR count). The van der Waals surface area contributed by atoms with E-state index < -0.39 is 62.6 Å². The lowest BCUT2D eigenvalue weighted by Crippen LogP contribution is -2.53. The van der Waals surface area contributed by atoms with Crippen LogP contribution in [0.4, 0.5) is 19.8 Å². The van der Waals surface area contributed by atoms with Crippen LogP contribution in [0.25, 0.3) is 10.8 Å². The summed E-state index contributed by atoms with van der Waals surface area (Å²) in [5.41, 5.74) is 0.292. The summed E-state index contributed by atoms with van der Waals surface area (Å²) in [6.07, 6.45) is -1.86. The second-order valence-electron chi connectivity index (χ2n) is 9.03. The Bertz CT molecular complexity index is 1300. The number of rotatable bonds is 14. The first-order valence-electron chi connectivity index (χ1n) is 12.6. The number of benzene rings is 2. The highest BCUT2D eigenvalue weighted by Crippen LogP contribution is 2.20. The summed E-state index contributed by atoms with van der Waals surface area (Å²) in [4.78, 5) is 31.0. The van der Waals surface area contributed by atoms with Crippen LogP contribution in [0.2, 0.25) is 5.02 Å². The number of aliphatic hydroxyl groups is 4. The van der Waals surface area contributed by atoms with Gasteiger partial charge in [0.25, 0.3) is 0 Å². The molecule has 0 aliphatic rings. The Morgan fingerprint density at radius 3 is 2.46 bits per heavy atom. The third-order valence-electron chi connectivity index (χ3n) is 5.88. The molecule has 0 saturated heterocycles. The first-order chi connectivity index (χ1) is 19.7. The van der Waals surface area contributed by atoms with Crippen LogP contribution in [-0.4, -0.2) is 100 Å². The third-order valence-corrected chi connectivity index (χ3v) is 6.30. The molecule has 0 fully saturated rings. The lowest BCUT2D eigenvalue weighted by Gasteiger charge is -2.33. The van der Waals surface area contributed by atoms with Crippen LogP contribution in [0, 0.1) is 5.82 Å². The number of fused-ring (bicyclic) bond motifs is 1. The number of carbonyl (C=O) groups is 2. The molecule has 3 atom stereocenters. The quantitative estimate of drug-likeness (QED) is 0.163. The highest BCUT2D eigenvalue weighted by molar-refractivity contribution is 6.31. The fraction of sp³-hybridized carbons (Fsp3) is 0.370. The number of nitrogens with zero attached hydrogens (tertiary/aromatic N) is 2. The van der Waals surface area contributed by atoms with Gasteiger partial charge in [-0.25, -0.2) is 19.0 Å². The van der Waals surface area contributed by atoms with E-state index in [-0.39, 0.29) is 30.6 Å². The summed E-state index contributed by atoms with van der Waals surface area (Å²) in [6, 6.07) is 11.4. The first kappa shape index (κ1) is 31.9. The number of carbonyl (C=O) groups excluding carboxylic acids is 2. The number of nitrogens with one attached hydrogen (secondary N) is 2. The molecule has 0 aliphatic heterocycles. The molecular weight excluding hydrogens is 563 g/mol. The summed E-state index contributed by atoms with van der Waals surface area (Å²) >= 11 is 5.97. The number of hydrogen-bond donors (Lipinski definition) is 6. The third kappa shape index (κ3) is 9.78. The number of aromatic nitrogens is 1. The summed E-state index contributed by atoms with van der Waals surface area (Å²) in [5.74, 6) is -0.440. The Hall–Kier alpha value is -3.59. The van der Waals surface area contributed by atoms with Gasteiger partial charge in [0.1, 0.15) is 24.3 Å². The van der Waals surface area contributed by atoms with Crippen LogP contribution in [0.5, 0.6) is 0 Å². The van der Waals surface area contributed by atoms with Gasteiger partial charge in [-0.2, -0.15) is 0 Å². The first-order valence-corrected chi connectivity index (χ1v) is 13.0. The van der Waals surface area contributed by atoms with Crippen molar-refractivity contribution in [2.45, 2.75) is 24.8 Å². The minimum atomic E-state index is -1.36. The SMILES string of the molecule is O=C(Nc1cc2ccccc2cn1)OC[C@H](COC[C@H](O)CO)N(C[C@H](O)CO)C(=O)NCc1cccc(F)c1Cl. The summed E-state index contributed by atoms with van der Waals surface area (Å²) in [5, 5.41) is 44.8. The Balaban J connectivity index is 1.72. The van der Waals surface area contributed by atoms with Crippen LogP contribution in [-0.2, 0) is 16.0 Å². The molecule has 3 amide bonds. The normalized spacial score (nSPS) is 13.3. The van der Waals surface area contributed by atoms with Crippen molar-refractivity contribution in [1.29, 1.82) is 0 Å². The van der Waals surface area contributed by atoms with Crippen molar-refractivity contribution in [3.8, 4) is 0 Å². The van der Waals surface area contributed by atoms with E-state index in [1.165, 1.54) is 18.2 Å². The van der Waals surface area contributed by atoms with E-state index in [0.717, 1.165) is 15.7 Å². The highest BCUT2D eigenvalue weighted by atomic mass is 35.5. The van der Waals surface area contributed by atoms with Gasteiger partial charge in [0.2, 0.25) is 0 Å². The number of ether oxygens (including phenoxy) is 2.